The van der Waals surface area contributed by atoms with Crippen LogP contribution in [0, 0.1) is 0 Å². The van der Waals surface area contributed by atoms with Gasteiger partial charge in [0, 0.05) is 12.6 Å². The fraction of sp³-hybridized carbons (Fsp3) is 0.700. The van der Waals surface area contributed by atoms with E-state index in [0.29, 0.717) is 6.23 Å². The third kappa shape index (κ3) is 5.25. The summed E-state index contributed by atoms with van der Waals surface area (Å²) in [7, 11) is 3.35. The monoisotopic (exact) mass is 369 g/mol. The molecule has 1 heterocycles. The lowest BCUT2D eigenvalue weighted by molar-refractivity contribution is -0.0587. The van der Waals surface area contributed by atoms with Gasteiger partial charge in [-0.2, -0.15) is 0 Å². The second kappa shape index (κ2) is 10.2. The first kappa shape index (κ1) is 20.3. The highest BCUT2D eigenvalue weighted by Crippen LogP contribution is 2.30. The molecule has 25 heavy (non-hydrogen) atoms. The molecule has 142 valence electrons. The van der Waals surface area contributed by atoms with E-state index in [9.17, 15) is 0 Å². The molecule has 1 aliphatic heterocycles. The lowest BCUT2D eigenvalue weighted by Crippen LogP contribution is -2.41. The highest BCUT2D eigenvalue weighted by atomic mass is 35.5. The minimum absolute atomic E-state index is 0. The van der Waals surface area contributed by atoms with Crippen LogP contribution in [0.3, 0.4) is 0 Å². The Bertz CT molecular complexity index is 520. The molecule has 0 aromatic heterocycles. The second-order valence-corrected chi connectivity index (χ2v) is 6.94. The first-order chi connectivity index (χ1) is 11.8. The number of halogens is 1. The lowest BCUT2D eigenvalue weighted by Gasteiger charge is -2.35. The largest absolute Gasteiger partial charge is 0.493 e. The molecule has 0 bridgehead atoms. The van der Waals surface area contributed by atoms with Gasteiger partial charge < -0.3 is 14.2 Å². The fourth-order valence-corrected chi connectivity index (χ4v) is 4.12. The van der Waals surface area contributed by atoms with Gasteiger partial charge in [-0.15, -0.1) is 12.4 Å². The van der Waals surface area contributed by atoms with Gasteiger partial charge in [0.1, 0.15) is 6.23 Å². The predicted octanol–water partition coefficient (Wildman–Crippen LogP) is 4.44. The molecule has 2 aliphatic rings. The van der Waals surface area contributed by atoms with Crippen LogP contribution in [0.1, 0.15) is 50.5 Å². The van der Waals surface area contributed by atoms with Gasteiger partial charge >= 0.3 is 0 Å². The van der Waals surface area contributed by atoms with Crippen molar-refractivity contribution in [1.29, 1.82) is 0 Å². The predicted molar refractivity (Wildman–Crippen MR) is 103 cm³/mol. The quantitative estimate of drug-likeness (QED) is 0.711. The van der Waals surface area contributed by atoms with E-state index in [2.05, 4.69) is 17.0 Å². The molecule has 2 fully saturated rings. The zero-order chi connectivity index (χ0) is 16.8. The summed E-state index contributed by atoms with van der Waals surface area (Å²) in [4.78, 5) is 2.63. The normalized spacial score (nSPS) is 21.8. The van der Waals surface area contributed by atoms with E-state index in [1.807, 2.05) is 6.07 Å². The number of nitrogens with zero attached hydrogens (tertiary/aromatic N) is 1. The number of hydrogen-bond donors (Lipinski definition) is 0. The first-order valence-corrected chi connectivity index (χ1v) is 9.40. The molecule has 4 nitrogen and oxygen atoms in total. The molecule has 0 N–H and O–H groups in total. The zero-order valence-electron chi connectivity index (χ0n) is 15.5. The van der Waals surface area contributed by atoms with E-state index in [1.165, 1.54) is 57.1 Å². The van der Waals surface area contributed by atoms with Crippen LogP contribution < -0.4 is 9.47 Å². The van der Waals surface area contributed by atoms with Gasteiger partial charge in [-0.3, -0.25) is 4.90 Å². The van der Waals surface area contributed by atoms with Crippen molar-refractivity contribution in [2.45, 2.75) is 63.6 Å². The first-order valence-electron chi connectivity index (χ1n) is 9.40. The molecule has 1 aliphatic carbocycles. The molecular weight excluding hydrogens is 338 g/mol. The minimum Gasteiger partial charge on any atom is -0.493 e. The van der Waals surface area contributed by atoms with Crippen LogP contribution in [-0.4, -0.2) is 44.5 Å². The summed E-state index contributed by atoms with van der Waals surface area (Å²) in [6.45, 7) is 1.98. The van der Waals surface area contributed by atoms with Crippen molar-refractivity contribution in [3.63, 3.8) is 0 Å². The maximum atomic E-state index is 6.26. The third-order valence-electron chi connectivity index (χ3n) is 5.43. The van der Waals surface area contributed by atoms with Gasteiger partial charge in [-0.1, -0.05) is 25.3 Å². The average Bonchev–Trinajstić information content (AvgIpc) is 3.11. The average molecular weight is 370 g/mol. The SMILES string of the molecule is COc1ccc(CCO[C@H]2CCCN2C2CCCCC2)cc1OC.Cl. The van der Waals surface area contributed by atoms with Crippen LogP contribution >= 0.6 is 12.4 Å². The number of methoxy groups -OCH3 is 2. The summed E-state index contributed by atoms with van der Waals surface area (Å²) in [5.74, 6) is 1.57. The van der Waals surface area contributed by atoms with E-state index < -0.39 is 0 Å². The van der Waals surface area contributed by atoms with Gasteiger partial charge in [-0.25, -0.2) is 0 Å². The third-order valence-corrected chi connectivity index (χ3v) is 5.43. The van der Waals surface area contributed by atoms with Crippen molar-refractivity contribution in [3.8, 4) is 11.5 Å². The Morgan fingerprint density at radius 3 is 2.44 bits per heavy atom. The van der Waals surface area contributed by atoms with Gasteiger partial charge in [-0.05, 0) is 49.8 Å². The molecular formula is C20H32ClNO3. The summed E-state index contributed by atoms with van der Waals surface area (Å²) < 4.78 is 16.9. The van der Waals surface area contributed by atoms with Crippen molar-refractivity contribution < 1.29 is 14.2 Å². The number of ether oxygens (including phenoxy) is 3. The molecule has 1 atom stereocenters. The van der Waals surface area contributed by atoms with Crippen LogP contribution in [0.2, 0.25) is 0 Å². The van der Waals surface area contributed by atoms with Crippen LogP contribution in [-0.2, 0) is 11.2 Å². The summed E-state index contributed by atoms with van der Waals surface area (Å²) >= 11 is 0. The molecule has 1 saturated heterocycles. The van der Waals surface area contributed by atoms with Crippen LogP contribution in [0.15, 0.2) is 18.2 Å². The van der Waals surface area contributed by atoms with Crippen molar-refractivity contribution >= 4 is 12.4 Å². The Balaban J connectivity index is 0.00000225. The van der Waals surface area contributed by atoms with Crippen LogP contribution in [0.4, 0.5) is 0 Å². The molecule has 0 amide bonds. The molecule has 1 aromatic rings. The summed E-state index contributed by atoms with van der Waals surface area (Å²) in [5.41, 5.74) is 1.23. The summed E-state index contributed by atoms with van der Waals surface area (Å²) in [6, 6.07) is 6.87. The van der Waals surface area contributed by atoms with E-state index in [0.717, 1.165) is 30.6 Å². The highest BCUT2D eigenvalue weighted by molar-refractivity contribution is 5.85. The maximum Gasteiger partial charge on any atom is 0.160 e. The van der Waals surface area contributed by atoms with Crippen molar-refractivity contribution in [2.24, 2.45) is 0 Å². The Labute approximate surface area is 158 Å². The number of likely N-dealkylation sites (tertiary alicyclic amines) is 1. The smallest absolute Gasteiger partial charge is 0.160 e. The molecule has 0 radical (unpaired) electrons. The van der Waals surface area contributed by atoms with E-state index in [-0.39, 0.29) is 12.4 Å². The fourth-order valence-electron chi connectivity index (χ4n) is 4.12. The Morgan fingerprint density at radius 1 is 0.960 bits per heavy atom. The second-order valence-electron chi connectivity index (χ2n) is 6.94. The Hall–Kier alpha value is -0.970. The van der Waals surface area contributed by atoms with E-state index in [4.69, 9.17) is 14.2 Å². The summed E-state index contributed by atoms with van der Waals surface area (Å²) in [6.07, 6.45) is 10.6. The molecule has 3 rings (SSSR count). The molecule has 0 unspecified atom stereocenters. The topological polar surface area (TPSA) is 30.9 Å². The Kier molecular flexibility index (Phi) is 8.34. The molecule has 1 saturated carbocycles. The molecule has 5 heteroatoms. The van der Waals surface area contributed by atoms with E-state index >= 15 is 0 Å². The van der Waals surface area contributed by atoms with Gasteiger partial charge in [0.15, 0.2) is 11.5 Å². The van der Waals surface area contributed by atoms with Gasteiger partial charge in [0.25, 0.3) is 0 Å². The van der Waals surface area contributed by atoms with Gasteiger partial charge in [0.2, 0.25) is 0 Å². The van der Waals surface area contributed by atoms with Crippen LogP contribution in [0.5, 0.6) is 11.5 Å². The van der Waals surface area contributed by atoms with E-state index in [1.54, 1.807) is 14.2 Å². The highest BCUT2D eigenvalue weighted by Gasteiger charge is 2.31. The Morgan fingerprint density at radius 2 is 1.72 bits per heavy atom. The zero-order valence-corrected chi connectivity index (χ0v) is 16.4. The van der Waals surface area contributed by atoms with Crippen molar-refractivity contribution in [3.05, 3.63) is 23.8 Å². The van der Waals surface area contributed by atoms with Crippen molar-refractivity contribution in [1.82, 2.24) is 4.90 Å². The maximum absolute atomic E-state index is 6.26. The minimum atomic E-state index is 0. The van der Waals surface area contributed by atoms with Crippen molar-refractivity contribution in [2.75, 3.05) is 27.4 Å². The standard InChI is InChI=1S/C20H31NO3.ClH/c1-22-18-11-10-16(15-19(18)23-2)12-14-24-20-9-6-13-21(20)17-7-4-3-5-8-17;/h10-11,15,17,20H,3-9,12-14H2,1-2H3;1H/t20-;/m0./s1. The van der Waals surface area contributed by atoms with Gasteiger partial charge in [0.05, 0.1) is 20.8 Å². The number of benzene rings is 1. The van der Waals surface area contributed by atoms with Crippen LogP contribution in [0.25, 0.3) is 0 Å². The lowest BCUT2D eigenvalue weighted by atomic mass is 9.94. The molecule has 1 aromatic carbocycles. The number of hydrogen-bond acceptors (Lipinski definition) is 4. The summed E-state index contributed by atoms with van der Waals surface area (Å²) in [5, 5.41) is 0. The molecule has 0 spiro atoms. The number of rotatable bonds is 7.